The Bertz CT molecular complexity index is 555. The van der Waals surface area contributed by atoms with Crippen molar-refractivity contribution in [1.29, 1.82) is 0 Å². The maximum absolute atomic E-state index is 13.6. The molecule has 4 nitrogen and oxygen atoms in total. The van der Waals surface area contributed by atoms with E-state index < -0.39 is 17.7 Å². The minimum absolute atomic E-state index is 0.0508. The summed E-state index contributed by atoms with van der Waals surface area (Å²) >= 11 is 0. The van der Waals surface area contributed by atoms with Crippen LogP contribution in [-0.2, 0) is 16.0 Å². The minimum atomic E-state index is -0.633. The molecule has 0 radical (unpaired) electrons. The van der Waals surface area contributed by atoms with Crippen molar-refractivity contribution in [3.63, 3.8) is 0 Å². The molecule has 0 saturated carbocycles. The summed E-state index contributed by atoms with van der Waals surface area (Å²) in [6.45, 7) is 4.92. The van der Waals surface area contributed by atoms with Crippen molar-refractivity contribution in [3.05, 3.63) is 48.1 Å². The third-order valence-corrected chi connectivity index (χ3v) is 3.54. The maximum atomic E-state index is 13.6. The summed E-state index contributed by atoms with van der Waals surface area (Å²) in [5, 5.41) is 0. The van der Waals surface area contributed by atoms with E-state index in [4.69, 9.17) is 0 Å². The van der Waals surface area contributed by atoms with Crippen molar-refractivity contribution in [1.82, 2.24) is 9.80 Å². The van der Waals surface area contributed by atoms with Gasteiger partial charge < -0.3 is 9.80 Å². The van der Waals surface area contributed by atoms with E-state index in [0.717, 1.165) is 6.08 Å². The van der Waals surface area contributed by atoms with Gasteiger partial charge in [-0.1, -0.05) is 12.6 Å². The second-order valence-electron chi connectivity index (χ2n) is 5.16. The van der Waals surface area contributed by atoms with Gasteiger partial charge in [0.25, 0.3) is 0 Å². The van der Waals surface area contributed by atoms with Crippen LogP contribution in [0.25, 0.3) is 0 Å². The quantitative estimate of drug-likeness (QED) is 0.754. The van der Waals surface area contributed by atoms with E-state index in [1.807, 2.05) is 0 Å². The summed E-state index contributed by atoms with van der Waals surface area (Å²) in [5.41, 5.74) is -0.0508. The fourth-order valence-electron chi connectivity index (χ4n) is 1.95. The van der Waals surface area contributed by atoms with Gasteiger partial charge in [0.15, 0.2) is 0 Å². The molecular weight excluding hydrogens is 290 g/mol. The van der Waals surface area contributed by atoms with Gasteiger partial charge in [0.2, 0.25) is 11.8 Å². The molecule has 0 aliphatic rings. The van der Waals surface area contributed by atoms with Gasteiger partial charge in [-0.25, -0.2) is 8.78 Å². The summed E-state index contributed by atoms with van der Waals surface area (Å²) in [6, 6.07) is 3.25. The fourth-order valence-corrected chi connectivity index (χ4v) is 1.95. The van der Waals surface area contributed by atoms with Crippen LogP contribution in [0.4, 0.5) is 8.78 Å². The van der Waals surface area contributed by atoms with Gasteiger partial charge in [-0.2, -0.15) is 0 Å². The Kier molecular flexibility index (Phi) is 6.22. The van der Waals surface area contributed by atoms with Gasteiger partial charge in [0.1, 0.15) is 11.6 Å². The second-order valence-corrected chi connectivity index (χ2v) is 5.16. The predicted molar refractivity (Wildman–Crippen MR) is 80.1 cm³/mol. The van der Waals surface area contributed by atoms with Crippen LogP contribution in [0.5, 0.6) is 0 Å². The Morgan fingerprint density at radius 1 is 1.27 bits per heavy atom. The van der Waals surface area contributed by atoms with E-state index >= 15 is 0 Å². The average molecular weight is 310 g/mol. The minimum Gasteiger partial charge on any atom is -0.341 e. The Morgan fingerprint density at radius 3 is 2.32 bits per heavy atom. The lowest BCUT2D eigenvalue weighted by Crippen LogP contribution is -2.43. The highest BCUT2D eigenvalue weighted by atomic mass is 19.1. The van der Waals surface area contributed by atoms with Crippen LogP contribution in [0.3, 0.4) is 0 Å². The van der Waals surface area contributed by atoms with Gasteiger partial charge in [0.05, 0.1) is 6.54 Å². The van der Waals surface area contributed by atoms with Crippen LogP contribution in [0.1, 0.15) is 12.5 Å². The molecule has 0 saturated heterocycles. The first kappa shape index (κ1) is 17.8. The number of amides is 2. The Morgan fingerprint density at radius 2 is 1.82 bits per heavy atom. The molecule has 0 unspecified atom stereocenters. The molecule has 2 amide bonds. The van der Waals surface area contributed by atoms with Gasteiger partial charge in [-0.05, 0) is 31.6 Å². The molecule has 1 atom stereocenters. The zero-order valence-corrected chi connectivity index (χ0v) is 13.0. The molecule has 0 aliphatic heterocycles. The molecule has 120 valence electrons. The van der Waals surface area contributed by atoms with Crippen molar-refractivity contribution >= 4 is 11.8 Å². The molecule has 0 aromatic heterocycles. The summed E-state index contributed by atoms with van der Waals surface area (Å²) < 4.78 is 27.3. The first-order valence-electron chi connectivity index (χ1n) is 6.84. The Balaban J connectivity index is 2.72. The van der Waals surface area contributed by atoms with E-state index in [1.54, 1.807) is 6.92 Å². The zero-order valence-electron chi connectivity index (χ0n) is 13.0. The summed E-state index contributed by atoms with van der Waals surface area (Å²) in [5.74, 6) is -1.95. The smallest absolute Gasteiger partial charge is 0.246 e. The number of carbonyl (C=O) groups is 2. The van der Waals surface area contributed by atoms with Crippen LogP contribution in [0, 0.1) is 11.6 Å². The third-order valence-electron chi connectivity index (χ3n) is 3.54. The summed E-state index contributed by atoms with van der Waals surface area (Å²) in [6.07, 6.45) is 1.17. The molecule has 22 heavy (non-hydrogen) atoms. The highest BCUT2D eigenvalue weighted by Crippen LogP contribution is 2.16. The Hall–Kier alpha value is -2.24. The fraction of sp³-hybridized carbons (Fsp3) is 0.375. The second kappa shape index (κ2) is 7.68. The van der Waals surface area contributed by atoms with Gasteiger partial charge in [-0.3, -0.25) is 9.59 Å². The zero-order chi connectivity index (χ0) is 16.9. The lowest BCUT2D eigenvalue weighted by atomic mass is 10.0. The van der Waals surface area contributed by atoms with Crippen molar-refractivity contribution in [2.24, 2.45) is 0 Å². The van der Waals surface area contributed by atoms with Gasteiger partial charge in [-0.15, -0.1) is 0 Å². The molecule has 0 aliphatic carbocycles. The molecule has 1 aromatic rings. The SMILES string of the molecule is C=CC(=O)N(C)CC(=O)N(C)[C@@H](C)Cc1c(F)cccc1F. The monoisotopic (exact) mass is 310 g/mol. The Labute approximate surface area is 129 Å². The molecule has 0 heterocycles. The number of benzene rings is 1. The molecule has 6 heteroatoms. The number of carbonyl (C=O) groups excluding carboxylic acids is 2. The lowest BCUT2D eigenvalue weighted by molar-refractivity contribution is -0.137. The summed E-state index contributed by atoms with van der Waals surface area (Å²) in [7, 11) is 3.02. The molecule has 0 bridgehead atoms. The van der Waals surface area contributed by atoms with Crippen molar-refractivity contribution in [2.45, 2.75) is 19.4 Å². The van der Waals surface area contributed by atoms with Gasteiger partial charge in [0, 0.05) is 25.7 Å². The largest absolute Gasteiger partial charge is 0.341 e. The van der Waals surface area contributed by atoms with Crippen LogP contribution in [-0.4, -0.2) is 48.3 Å². The number of nitrogens with zero attached hydrogens (tertiary/aromatic N) is 2. The van der Waals surface area contributed by atoms with Crippen LogP contribution in [0.2, 0.25) is 0 Å². The molecular formula is C16H20F2N2O2. The number of rotatable bonds is 6. The number of likely N-dealkylation sites (N-methyl/N-ethyl adjacent to an activating group) is 2. The van der Waals surface area contributed by atoms with E-state index in [0.29, 0.717) is 0 Å². The van der Waals surface area contributed by atoms with Crippen LogP contribution < -0.4 is 0 Å². The first-order valence-corrected chi connectivity index (χ1v) is 6.84. The third kappa shape index (κ3) is 4.38. The van der Waals surface area contributed by atoms with E-state index in [1.165, 1.54) is 42.1 Å². The topological polar surface area (TPSA) is 40.6 Å². The van der Waals surface area contributed by atoms with E-state index in [2.05, 4.69) is 6.58 Å². The van der Waals surface area contributed by atoms with E-state index in [-0.39, 0.29) is 30.3 Å². The van der Waals surface area contributed by atoms with Crippen LogP contribution >= 0.6 is 0 Å². The first-order chi connectivity index (χ1) is 10.3. The lowest BCUT2D eigenvalue weighted by Gasteiger charge is -2.27. The molecule has 0 spiro atoms. The average Bonchev–Trinajstić information content (AvgIpc) is 2.48. The standard InChI is InChI=1S/C16H20F2N2O2/c1-5-15(21)19(3)10-16(22)20(4)11(2)9-12-13(17)7-6-8-14(12)18/h5-8,11H,1,9-10H2,2-4H3/t11-/m0/s1. The summed E-state index contributed by atoms with van der Waals surface area (Å²) in [4.78, 5) is 26.0. The molecule has 1 aromatic carbocycles. The number of hydrogen-bond donors (Lipinski definition) is 0. The molecule has 0 fully saturated rings. The maximum Gasteiger partial charge on any atom is 0.246 e. The van der Waals surface area contributed by atoms with Crippen molar-refractivity contribution < 1.29 is 18.4 Å². The normalized spacial score (nSPS) is 11.7. The van der Waals surface area contributed by atoms with Crippen molar-refractivity contribution in [3.8, 4) is 0 Å². The predicted octanol–water partition coefficient (Wildman–Crippen LogP) is 2.00. The van der Waals surface area contributed by atoms with E-state index in [9.17, 15) is 18.4 Å². The van der Waals surface area contributed by atoms with Gasteiger partial charge >= 0.3 is 0 Å². The molecule has 0 N–H and O–H groups in total. The number of hydrogen-bond acceptors (Lipinski definition) is 2. The highest BCUT2D eigenvalue weighted by Gasteiger charge is 2.21. The molecule has 1 rings (SSSR count). The number of halogens is 2. The van der Waals surface area contributed by atoms with Crippen molar-refractivity contribution in [2.75, 3.05) is 20.6 Å². The van der Waals surface area contributed by atoms with Crippen LogP contribution in [0.15, 0.2) is 30.9 Å². The highest BCUT2D eigenvalue weighted by molar-refractivity contribution is 5.90.